The number of nitrogens with one attached hydrogen (secondary N) is 1. The molecular weight excluding hydrogens is 465 g/mol. The fourth-order valence-corrected chi connectivity index (χ4v) is 3.10. The number of aliphatic carboxylic acids is 1. The van der Waals surface area contributed by atoms with Crippen molar-refractivity contribution in [3.8, 4) is 5.75 Å². The minimum Gasteiger partial charge on any atom is -0.488 e. The van der Waals surface area contributed by atoms with E-state index in [2.05, 4.69) is 5.32 Å². The van der Waals surface area contributed by atoms with Crippen molar-refractivity contribution in [1.29, 1.82) is 0 Å². The van der Waals surface area contributed by atoms with E-state index in [-0.39, 0.29) is 48.6 Å². The topological polar surface area (TPSA) is 124 Å². The van der Waals surface area contributed by atoms with Crippen LogP contribution < -0.4 is 10.1 Å². The molecule has 0 radical (unpaired) electrons. The van der Waals surface area contributed by atoms with Crippen LogP contribution in [0.25, 0.3) is 0 Å². The molecule has 0 unspecified atom stereocenters. The van der Waals surface area contributed by atoms with Gasteiger partial charge in [-0.05, 0) is 24.3 Å². The fraction of sp³-hybridized carbons (Fsp3) is 0.333. The highest BCUT2D eigenvalue weighted by Gasteiger charge is 2.13. The van der Waals surface area contributed by atoms with Gasteiger partial charge in [0.1, 0.15) is 13.2 Å². The van der Waals surface area contributed by atoms with Gasteiger partial charge < -0.3 is 34.5 Å². The summed E-state index contributed by atoms with van der Waals surface area (Å²) >= 11 is 12.5. The van der Waals surface area contributed by atoms with Crippen LogP contribution in [0.1, 0.15) is 10.4 Å². The van der Waals surface area contributed by atoms with E-state index in [9.17, 15) is 14.7 Å². The lowest BCUT2D eigenvalue weighted by Crippen LogP contribution is -2.14. The third-order valence-corrected chi connectivity index (χ3v) is 4.44. The Bertz CT molecular complexity index is 886. The molecule has 0 saturated heterocycles. The summed E-state index contributed by atoms with van der Waals surface area (Å²) in [7, 11) is 0. The molecule has 11 heteroatoms. The molecule has 0 spiro atoms. The van der Waals surface area contributed by atoms with Gasteiger partial charge in [-0.2, -0.15) is 0 Å². The Kier molecular flexibility index (Phi) is 11.1. The number of carboxylic acid groups (broad SMARTS) is 2. The monoisotopic (exact) mass is 487 g/mol. The highest BCUT2D eigenvalue weighted by Crippen LogP contribution is 2.37. The summed E-state index contributed by atoms with van der Waals surface area (Å²) in [6.45, 7) is 1.25. The van der Waals surface area contributed by atoms with E-state index in [0.29, 0.717) is 30.3 Å². The van der Waals surface area contributed by atoms with Crippen LogP contribution in [0.4, 0.5) is 11.4 Å². The predicted octanol–water partition coefficient (Wildman–Crippen LogP) is 3.95. The number of para-hydroxylation sites is 1. The van der Waals surface area contributed by atoms with Crippen LogP contribution in [-0.4, -0.2) is 68.4 Å². The van der Waals surface area contributed by atoms with E-state index in [4.69, 9.17) is 47.3 Å². The fourth-order valence-electron chi connectivity index (χ4n) is 2.51. The van der Waals surface area contributed by atoms with Gasteiger partial charge in [0.25, 0.3) is 0 Å². The summed E-state index contributed by atoms with van der Waals surface area (Å²) in [5.41, 5.74) is 1.04. The van der Waals surface area contributed by atoms with Gasteiger partial charge in [0, 0.05) is 5.69 Å². The van der Waals surface area contributed by atoms with E-state index >= 15 is 0 Å². The molecule has 0 aliphatic rings. The minimum atomic E-state index is -1.05. The lowest BCUT2D eigenvalue weighted by molar-refractivity contribution is -0.142. The average molecular weight is 488 g/mol. The summed E-state index contributed by atoms with van der Waals surface area (Å²) in [4.78, 5) is 21.6. The predicted molar refractivity (Wildman–Crippen MR) is 119 cm³/mol. The number of aromatic carboxylic acids is 1. The molecule has 0 aromatic heterocycles. The van der Waals surface area contributed by atoms with Crippen LogP contribution in [0.5, 0.6) is 5.75 Å². The lowest BCUT2D eigenvalue weighted by Gasteiger charge is -2.14. The first-order chi connectivity index (χ1) is 15.4. The van der Waals surface area contributed by atoms with Crippen molar-refractivity contribution in [1.82, 2.24) is 0 Å². The van der Waals surface area contributed by atoms with E-state index < -0.39 is 11.9 Å². The van der Waals surface area contributed by atoms with Crippen molar-refractivity contribution in [3.63, 3.8) is 0 Å². The Hall–Kier alpha value is -2.56. The molecular formula is C21H23Cl2NO8. The van der Waals surface area contributed by atoms with Gasteiger partial charge in [-0.25, -0.2) is 9.59 Å². The maximum atomic E-state index is 11.3. The summed E-state index contributed by atoms with van der Waals surface area (Å²) in [5.74, 6) is -1.79. The van der Waals surface area contributed by atoms with Crippen LogP contribution in [0.3, 0.4) is 0 Å². The van der Waals surface area contributed by atoms with Crippen molar-refractivity contribution in [2.45, 2.75) is 0 Å². The molecule has 0 saturated carbocycles. The van der Waals surface area contributed by atoms with Gasteiger partial charge in [-0.1, -0.05) is 35.3 Å². The van der Waals surface area contributed by atoms with Gasteiger partial charge in [0.15, 0.2) is 5.75 Å². The normalized spacial score (nSPS) is 10.7. The third kappa shape index (κ3) is 8.89. The first-order valence-corrected chi connectivity index (χ1v) is 10.3. The summed E-state index contributed by atoms with van der Waals surface area (Å²) in [6.07, 6.45) is 0. The smallest absolute Gasteiger partial charge is 0.337 e. The molecule has 0 aliphatic heterocycles. The van der Waals surface area contributed by atoms with Crippen LogP contribution in [0, 0.1) is 0 Å². The maximum absolute atomic E-state index is 11.3. The van der Waals surface area contributed by atoms with Gasteiger partial charge in [0.2, 0.25) is 0 Å². The molecule has 3 N–H and O–H groups in total. The maximum Gasteiger partial charge on any atom is 0.337 e. The zero-order valence-corrected chi connectivity index (χ0v) is 18.5. The first kappa shape index (κ1) is 25.7. The van der Waals surface area contributed by atoms with E-state index in [0.717, 1.165) is 0 Å². The lowest BCUT2D eigenvalue weighted by atomic mass is 10.1. The summed E-state index contributed by atoms with van der Waals surface area (Å²) < 4.78 is 21.0. The van der Waals surface area contributed by atoms with Gasteiger partial charge in [0.05, 0.1) is 54.3 Å². The second kappa shape index (κ2) is 13.8. The van der Waals surface area contributed by atoms with Crippen LogP contribution in [0.2, 0.25) is 10.0 Å². The number of anilines is 2. The van der Waals surface area contributed by atoms with Crippen LogP contribution >= 0.6 is 23.2 Å². The zero-order chi connectivity index (χ0) is 23.3. The van der Waals surface area contributed by atoms with Crippen molar-refractivity contribution in [2.24, 2.45) is 0 Å². The zero-order valence-electron chi connectivity index (χ0n) is 17.0. The second-order valence-electron chi connectivity index (χ2n) is 6.26. The molecule has 0 atom stereocenters. The van der Waals surface area contributed by atoms with Gasteiger partial charge >= 0.3 is 11.9 Å². The van der Waals surface area contributed by atoms with Crippen molar-refractivity contribution >= 4 is 46.5 Å². The van der Waals surface area contributed by atoms with E-state index in [1.165, 1.54) is 6.07 Å². The van der Waals surface area contributed by atoms with Crippen molar-refractivity contribution < 1.29 is 38.7 Å². The highest BCUT2D eigenvalue weighted by molar-refractivity contribution is 6.37. The average Bonchev–Trinajstić information content (AvgIpc) is 2.73. The molecule has 0 heterocycles. The Morgan fingerprint density at radius 2 is 1.41 bits per heavy atom. The summed E-state index contributed by atoms with van der Waals surface area (Å²) in [6, 6.07) is 9.65. The summed E-state index contributed by atoms with van der Waals surface area (Å²) in [5, 5.41) is 21.2. The number of benzene rings is 2. The number of carbonyl (C=O) groups is 2. The van der Waals surface area contributed by atoms with Crippen molar-refractivity contribution in [3.05, 3.63) is 52.0 Å². The largest absolute Gasteiger partial charge is 0.488 e. The second-order valence-corrected chi connectivity index (χ2v) is 7.08. The molecule has 9 nitrogen and oxygen atoms in total. The Balaban J connectivity index is 1.73. The Morgan fingerprint density at radius 1 is 0.844 bits per heavy atom. The molecule has 32 heavy (non-hydrogen) atoms. The van der Waals surface area contributed by atoms with Gasteiger partial charge in [-0.3, -0.25) is 0 Å². The number of halogens is 2. The van der Waals surface area contributed by atoms with Crippen LogP contribution in [0.15, 0.2) is 36.4 Å². The molecule has 0 bridgehead atoms. The third-order valence-electron chi connectivity index (χ3n) is 3.88. The number of ether oxygens (including phenoxy) is 4. The van der Waals surface area contributed by atoms with Crippen LogP contribution in [-0.2, 0) is 19.0 Å². The molecule has 2 aromatic carbocycles. The SMILES string of the molecule is O=C(O)COCCOCCOCCOc1c(Cl)cc(Nc2ccccc2C(=O)O)cc1Cl. The molecule has 0 fully saturated rings. The number of hydrogen-bond donors (Lipinski definition) is 3. The standard InChI is InChI=1S/C21H23Cl2NO8/c22-16-11-14(24-18-4-2-1-3-15(18)21(27)28)12-17(23)20(16)32-10-9-30-6-5-29-7-8-31-13-19(25)26/h1-4,11-12,24H,5-10,13H2,(H,25,26)(H,27,28). The quantitative estimate of drug-likeness (QED) is 0.320. The molecule has 0 amide bonds. The van der Waals surface area contributed by atoms with Crippen molar-refractivity contribution in [2.75, 3.05) is 51.6 Å². The van der Waals surface area contributed by atoms with Gasteiger partial charge in [-0.15, -0.1) is 0 Å². The molecule has 2 rings (SSSR count). The molecule has 174 valence electrons. The minimum absolute atomic E-state index is 0.119. The number of rotatable bonds is 15. The Labute approximate surface area is 194 Å². The highest BCUT2D eigenvalue weighted by atomic mass is 35.5. The van der Waals surface area contributed by atoms with E-state index in [1.807, 2.05) is 0 Å². The molecule has 2 aromatic rings. The number of carboxylic acids is 2. The van der Waals surface area contributed by atoms with E-state index in [1.54, 1.807) is 30.3 Å². The number of hydrogen-bond acceptors (Lipinski definition) is 7. The Morgan fingerprint density at radius 3 is 2.00 bits per heavy atom. The molecule has 0 aliphatic carbocycles. The first-order valence-electron chi connectivity index (χ1n) is 9.54.